The Hall–Kier alpha value is 0.759. The zero-order valence-corrected chi connectivity index (χ0v) is 9.36. The van der Waals surface area contributed by atoms with E-state index in [4.69, 9.17) is 0 Å². The minimum absolute atomic E-state index is 0. The molecule has 0 aromatic heterocycles. The van der Waals surface area contributed by atoms with Crippen LogP contribution in [0, 0.1) is 0 Å². The molecule has 0 amide bonds. The molecule has 0 aromatic carbocycles. The van der Waals surface area contributed by atoms with Crippen LogP contribution >= 0.6 is 0 Å². The van der Waals surface area contributed by atoms with Crippen molar-refractivity contribution >= 4 is 21.1 Å². The molecule has 0 aliphatic rings. The minimum Gasteiger partial charge on any atom is -0.412 e. The van der Waals surface area contributed by atoms with E-state index in [9.17, 15) is 0 Å². The maximum atomic E-state index is 2.36. The average molecular weight is 224 g/mol. The fourth-order valence-corrected chi connectivity index (χ4v) is 3.35. The van der Waals surface area contributed by atoms with Gasteiger partial charge in [-0.05, 0) is 0 Å². The van der Waals surface area contributed by atoms with Gasteiger partial charge in [-0.15, -0.1) is 0 Å². The smallest absolute Gasteiger partial charge is 0.412 e. The van der Waals surface area contributed by atoms with Crippen molar-refractivity contribution in [3.63, 3.8) is 0 Å². The van der Waals surface area contributed by atoms with Crippen molar-refractivity contribution in [2.45, 2.75) is 35.6 Å². The van der Waals surface area contributed by atoms with Crippen LogP contribution in [0.25, 0.3) is 0 Å². The van der Waals surface area contributed by atoms with Crippen LogP contribution in [0.1, 0.15) is 27.2 Å². The zero-order valence-electron chi connectivity index (χ0n) is 6.07. The van der Waals surface area contributed by atoms with E-state index < -0.39 is 0 Å². The molecule has 0 heterocycles. The van der Waals surface area contributed by atoms with Crippen molar-refractivity contribution in [2.24, 2.45) is 0 Å². The molecule has 0 atom stereocenters. The Morgan fingerprint density at radius 1 is 1.38 bits per heavy atom. The Morgan fingerprint density at radius 3 is 2.00 bits per heavy atom. The van der Waals surface area contributed by atoms with Gasteiger partial charge in [-0.3, -0.25) is 0 Å². The van der Waals surface area contributed by atoms with Crippen LogP contribution in [0.4, 0.5) is 0 Å². The van der Waals surface area contributed by atoms with E-state index in [0.29, 0.717) is 0 Å². The Balaban J connectivity index is 0. The summed E-state index contributed by atoms with van der Waals surface area (Å²) in [6.45, 7) is 7.00. The van der Waals surface area contributed by atoms with Crippen molar-refractivity contribution in [3.8, 4) is 0 Å². The Morgan fingerprint density at radius 2 is 1.88 bits per heavy atom. The molecule has 0 saturated heterocycles. The van der Waals surface area contributed by atoms with E-state index in [1.54, 1.807) is 4.44 Å². The topological polar surface area (TPSA) is 31.5 Å². The summed E-state index contributed by atoms with van der Waals surface area (Å²) in [7, 11) is 0. The molecule has 0 aliphatic carbocycles. The Labute approximate surface area is 62.4 Å². The first-order valence-corrected chi connectivity index (χ1v) is 7.34. The summed E-state index contributed by atoms with van der Waals surface area (Å²) in [5, 5.41) is 0. The van der Waals surface area contributed by atoms with Crippen LogP contribution in [-0.2, 0) is 0 Å². The standard InChI is InChI=1S/2C3H7.H2O.Sn.H/c2*1-3-2;;;/h3H,1-2H3;1,3H2,2H3;1H2;;. The molecule has 51 valence electrons. The van der Waals surface area contributed by atoms with Gasteiger partial charge in [-0.1, -0.05) is 0 Å². The molecular formula is C6H17OSn. The summed E-state index contributed by atoms with van der Waals surface area (Å²) in [4.78, 5) is 0. The molecule has 0 unspecified atom stereocenters. The Kier molecular flexibility index (Phi) is 11.2. The van der Waals surface area contributed by atoms with Gasteiger partial charge in [-0.2, -0.15) is 0 Å². The van der Waals surface area contributed by atoms with Crippen molar-refractivity contribution < 1.29 is 5.48 Å². The third-order valence-electron chi connectivity index (χ3n) is 0.927. The molecule has 1 nitrogen and oxygen atoms in total. The molecular weight excluding hydrogens is 207 g/mol. The van der Waals surface area contributed by atoms with Gasteiger partial charge in [0.15, 0.2) is 0 Å². The van der Waals surface area contributed by atoms with Crippen LogP contribution in [0.3, 0.4) is 0 Å². The summed E-state index contributed by atoms with van der Waals surface area (Å²) in [5.41, 5.74) is 0. The van der Waals surface area contributed by atoms with Crippen molar-refractivity contribution in [1.82, 2.24) is 0 Å². The van der Waals surface area contributed by atoms with Crippen LogP contribution in [0.5, 0.6) is 0 Å². The number of hydrogen-bond donors (Lipinski definition) is 0. The molecule has 2 heteroatoms. The molecule has 1 radical (unpaired) electrons. The predicted molar refractivity (Wildman–Crippen MR) is 41.0 cm³/mol. The summed E-state index contributed by atoms with van der Waals surface area (Å²) in [6.07, 6.45) is 1.43. The van der Waals surface area contributed by atoms with Crippen LogP contribution in [-0.4, -0.2) is 26.6 Å². The van der Waals surface area contributed by atoms with E-state index in [1.807, 2.05) is 0 Å². The first kappa shape index (κ1) is 11.5. The third kappa shape index (κ3) is 9.90. The van der Waals surface area contributed by atoms with Crippen LogP contribution in [0.2, 0.25) is 8.37 Å². The first-order valence-electron chi connectivity index (χ1n) is 3.10. The largest absolute Gasteiger partial charge is 0.412 e. The second-order valence-electron chi connectivity index (χ2n) is 2.27. The van der Waals surface area contributed by atoms with Gasteiger partial charge in [0.25, 0.3) is 0 Å². The quantitative estimate of drug-likeness (QED) is 0.646. The SMILES string of the molecule is CC[CH2][SnH][CH](C)C.O. The maximum Gasteiger partial charge on any atom is -0.412 e. The first-order chi connectivity index (χ1) is 3.27. The van der Waals surface area contributed by atoms with Gasteiger partial charge in [0.05, 0.1) is 0 Å². The molecule has 8 heavy (non-hydrogen) atoms. The molecule has 0 bridgehead atoms. The Bertz CT molecular complexity index is 37.5. The summed E-state index contributed by atoms with van der Waals surface area (Å²) in [5.74, 6) is 0. The van der Waals surface area contributed by atoms with E-state index in [2.05, 4.69) is 20.8 Å². The van der Waals surface area contributed by atoms with Crippen molar-refractivity contribution in [1.29, 1.82) is 0 Å². The number of hydrogen-bond acceptors (Lipinski definition) is 0. The molecule has 2 N–H and O–H groups in total. The molecule has 0 aromatic rings. The normalized spacial score (nSPS) is 9.00. The minimum atomic E-state index is -0.0415. The van der Waals surface area contributed by atoms with Gasteiger partial charge in [0.1, 0.15) is 0 Å². The van der Waals surface area contributed by atoms with Gasteiger partial charge in [-0.25, -0.2) is 0 Å². The maximum absolute atomic E-state index is 2.36. The van der Waals surface area contributed by atoms with Gasteiger partial charge >= 0.3 is 56.7 Å². The second kappa shape index (κ2) is 7.76. The molecule has 0 spiro atoms. The third-order valence-corrected chi connectivity index (χ3v) is 6.22. The van der Waals surface area contributed by atoms with E-state index in [-0.39, 0.29) is 26.6 Å². The van der Waals surface area contributed by atoms with E-state index in [1.165, 1.54) is 6.42 Å². The molecule has 0 rings (SSSR count). The van der Waals surface area contributed by atoms with Gasteiger partial charge in [0, 0.05) is 0 Å². The fraction of sp³-hybridized carbons (Fsp3) is 1.00. The van der Waals surface area contributed by atoms with Gasteiger partial charge in [0.2, 0.25) is 0 Å². The van der Waals surface area contributed by atoms with Crippen LogP contribution in [0.15, 0.2) is 0 Å². The molecule has 0 saturated carbocycles. The summed E-state index contributed by atoms with van der Waals surface area (Å²) < 4.78 is 2.68. The van der Waals surface area contributed by atoms with Crippen LogP contribution < -0.4 is 0 Å². The fourth-order valence-electron chi connectivity index (χ4n) is 0.500. The molecule has 0 aliphatic heterocycles. The van der Waals surface area contributed by atoms with Crippen molar-refractivity contribution in [2.75, 3.05) is 0 Å². The second-order valence-corrected chi connectivity index (χ2v) is 9.07. The van der Waals surface area contributed by atoms with E-state index >= 15 is 0 Å². The van der Waals surface area contributed by atoms with Crippen molar-refractivity contribution in [3.05, 3.63) is 0 Å². The van der Waals surface area contributed by atoms with Gasteiger partial charge < -0.3 is 5.48 Å². The summed E-state index contributed by atoms with van der Waals surface area (Å²) in [6, 6.07) is 0. The molecule has 0 fully saturated rings. The predicted octanol–water partition coefficient (Wildman–Crippen LogP) is 1.25. The average Bonchev–Trinajstić information content (AvgIpc) is 1.61. The monoisotopic (exact) mass is 225 g/mol. The summed E-state index contributed by atoms with van der Waals surface area (Å²) >= 11 is -0.0415. The number of rotatable bonds is 3. The van der Waals surface area contributed by atoms with E-state index in [0.717, 1.165) is 3.93 Å². The zero-order chi connectivity index (χ0) is 5.70.